The largest absolute Gasteiger partial charge is 0.361 e. The fraction of sp³-hybridized carbons (Fsp3) is 0.308. The Kier molecular flexibility index (Phi) is 2.37. The number of aromatic amines is 1. The number of hydrogen-bond donors (Lipinski definition) is 2. The SMILES string of the molecule is NCC1CC(=O)N(c2ccc3[nH]ccc3c2)C1. The van der Waals surface area contributed by atoms with E-state index in [-0.39, 0.29) is 5.91 Å². The number of carbonyl (C=O) groups is 1. The summed E-state index contributed by atoms with van der Waals surface area (Å²) in [5.74, 6) is 0.472. The van der Waals surface area contributed by atoms with Crippen molar-refractivity contribution in [3.63, 3.8) is 0 Å². The second-order valence-electron chi connectivity index (χ2n) is 4.56. The minimum Gasteiger partial charge on any atom is -0.361 e. The van der Waals surface area contributed by atoms with Gasteiger partial charge in [-0.05, 0) is 36.7 Å². The first-order chi connectivity index (χ1) is 8.28. The highest BCUT2D eigenvalue weighted by atomic mass is 16.2. The number of anilines is 1. The van der Waals surface area contributed by atoms with E-state index in [0.29, 0.717) is 18.9 Å². The molecule has 0 radical (unpaired) electrons. The third kappa shape index (κ3) is 1.70. The number of rotatable bonds is 2. The summed E-state index contributed by atoms with van der Waals surface area (Å²) in [6, 6.07) is 8.05. The second-order valence-corrected chi connectivity index (χ2v) is 4.56. The van der Waals surface area contributed by atoms with E-state index in [9.17, 15) is 4.79 Å². The van der Waals surface area contributed by atoms with Gasteiger partial charge in [-0.1, -0.05) is 0 Å². The maximum atomic E-state index is 11.9. The van der Waals surface area contributed by atoms with Crippen molar-refractivity contribution >= 4 is 22.5 Å². The summed E-state index contributed by atoms with van der Waals surface area (Å²) < 4.78 is 0. The number of carbonyl (C=O) groups excluding carboxylic acids is 1. The van der Waals surface area contributed by atoms with Crippen LogP contribution in [-0.4, -0.2) is 24.0 Å². The average molecular weight is 229 g/mol. The molecule has 1 fully saturated rings. The molecule has 1 saturated heterocycles. The zero-order valence-electron chi connectivity index (χ0n) is 9.52. The first kappa shape index (κ1) is 10.4. The van der Waals surface area contributed by atoms with E-state index >= 15 is 0 Å². The van der Waals surface area contributed by atoms with Gasteiger partial charge in [-0.3, -0.25) is 4.79 Å². The maximum Gasteiger partial charge on any atom is 0.227 e. The predicted octanol–water partition coefficient (Wildman–Crippen LogP) is 1.48. The van der Waals surface area contributed by atoms with Crippen LogP contribution in [0.1, 0.15) is 6.42 Å². The molecule has 0 spiro atoms. The molecule has 0 aliphatic carbocycles. The molecule has 2 aromatic rings. The quantitative estimate of drug-likeness (QED) is 0.819. The Hall–Kier alpha value is -1.81. The minimum atomic E-state index is 0.176. The molecule has 4 heteroatoms. The highest BCUT2D eigenvalue weighted by molar-refractivity contribution is 5.97. The average Bonchev–Trinajstić information content (AvgIpc) is 2.93. The molecule has 1 atom stereocenters. The number of aromatic nitrogens is 1. The summed E-state index contributed by atoms with van der Waals surface area (Å²) in [4.78, 5) is 16.9. The van der Waals surface area contributed by atoms with Crippen molar-refractivity contribution in [2.75, 3.05) is 18.0 Å². The molecule has 3 rings (SSSR count). The van der Waals surface area contributed by atoms with Gasteiger partial charge in [0.2, 0.25) is 5.91 Å². The number of hydrogen-bond acceptors (Lipinski definition) is 2. The zero-order valence-corrected chi connectivity index (χ0v) is 9.52. The van der Waals surface area contributed by atoms with Gasteiger partial charge in [0.15, 0.2) is 0 Å². The second kappa shape index (κ2) is 3.89. The molecule has 1 aliphatic heterocycles. The van der Waals surface area contributed by atoms with Crippen LogP contribution in [0.15, 0.2) is 30.5 Å². The van der Waals surface area contributed by atoms with Crippen LogP contribution in [0.4, 0.5) is 5.69 Å². The van der Waals surface area contributed by atoms with Gasteiger partial charge in [0.25, 0.3) is 0 Å². The molecule has 1 aromatic heterocycles. The van der Waals surface area contributed by atoms with Crippen molar-refractivity contribution in [3.8, 4) is 0 Å². The lowest BCUT2D eigenvalue weighted by atomic mass is 10.1. The molecular formula is C13H15N3O. The van der Waals surface area contributed by atoms with Crippen LogP contribution in [0.2, 0.25) is 0 Å². The molecule has 2 heterocycles. The first-order valence-electron chi connectivity index (χ1n) is 5.85. The van der Waals surface area contributed by atoms with Crippen LogP contribution in [-0.2, 0) is 4.79 Å². The Bertz CT molecular complexity index is 561. The van der Waals surface area contributed by atoms with Gasteiger partial charge < -0.3 is 15.6 Å². The lowest BCUT2D eigenvalue weighted by Gasteiger charge is -2.16. The summed E-state index contributed by atoms with van der Waals surface area (Å²) in [5.41, 5.74) is 7.69. The van der Waals surface area contributed by atoms with E-state index in [1.807, 2.05) is 35.4 Å². The van der Waals surface area contributed by atoms with Crippen molar-refractivity contribution in [3.05, 3.63) is 30.5 Å². The predicted molar refractivity (Wildman–Crippen MR) is 67.8 cm³/mol. The molecular weight excluding hydrogens is 214 g/mol. The standard InChI is InChI=1S/C13H15N3O/c14-7-9-5-13(17)16(8-9)11-1-2-12-10(6-11)3-4-15-12/h1-4,6,9,15H,5,7-8,14H2. The van der Waals surface area contributed by atoms with Crippen molar-refractivity contribution in [1.82, 2.24) is 4.98 Å². The minimum absolute atomic E-state index is 0.176. The molecule has 1 amide bonds. The number of fused-ring (bicyclic) bond motifs is 1. The van der Waals surface area contributed by atoms with E-state index in [1.165, 1.54) is 0 Å². The Balaban J connectivity index is 1.95. The van der Waals surface area contributed by atoms with Crippen LogP contribution in [0.3, 0.4) is 0 Å². The Labute approximate surface area is 99.4 Å². The van der Waals surface area contributed by atoms with Gasteiger partial charge in [-0.25, -0.2) is 0 Å². The summed E-state index contributed by atoms with van der Waals surface area (Å²) in [5, 5.41) is 1.13. The number of benzene rings is 1. The van der Waals surface area contributed by atoms with E-state index in [4.69, 9.17) is 5.73 Å². The van der Waals surface area contributed by atoms with Gasteiger partial charge >= 0.3 is 0 Å². The fourth-order valence-corrected chi connectivity index (χ4v) is 2.40. The van der Waals surface area contributed by atoms with Gasteiger partial charge in [0.1, 0.15) is 0 Å². The summed E-state index contributed by atoms with van der Waals surface area (Å²) in [6.45, 7) is 1.32. The van der Waals surface area contributed by atoms with Crippen LogP contribution in [0.25, 0.3) is 10.9 Å². The number of H-pyrrole nitrogens is 1. The molecule has 1 unspecified atom stereocenters. The lowest BCUT2D eigenvalue weighted by molar-refractivity contribution is -0.117. The van der Waals surface area contributed by atoms with Crippen LogP contribution in [0, 0.1) is 5.92 Å². The van der Waals surface area contributed by atoms with Crippen molar-refractivity contribution in [2.24, 2.45) is 11.7 Å². The number of nitrogens with two attached hydrogens (primary N) is 1. The van der Waals surface area contributed by atoms with Gasteiger partial charge in [-0.2, -0.15) is 0 Å². The molecule has 4 nitrogen and oxygen atoms in total. The third-order valence-corrected chi connectivity index (χ3v) is 3.39. The van der Waals surface area contributed by atoms with E-state index in [2.05, 4.69) is 4.98 Å². The maximum absolute atomic E-state index is 11.9. The lowest BCUT2D eigenvalue weighted by Crippen LogP contribution is -2.25. The number of nitrogens with one attached hydrogen (secondary N) is 1. The van der Waals surface area contributed by atoms with E-state index < -0.39 is 0 Å². The van der Waals surface area contributed by atoms with Crippen molar-refractivity contribution < 1.29 is 4.79 Å². The molecule has 0 bridgehead atoms. The summed E-state index contributed by atoms with van der Waals surface area (Å²) in [7, 11) is 0. The van der Waals surface area contributed by atoms with E-state index in [1.54, 1.807) is 0 Å². The fourth-order valence-electron chi connectivity index (χ4n) is 2.40. The Morgan fingerprint density at radius 1 is 1.41 bits per heavy atom. The van der Waals surface area contributed by atoms with Crippen LogP contribution < -0.4 is 10.6 Å². The first-order valence-corrected chi connectivity index (χ1v) is 5.85. The topological polar surface area (TPSA) is 62.1 Å². The molecule has 1 aromatic carbocycles. The van der Waals surface area contributed by atoms with Gasteiger partial charge in [0.05, 0.1) is 0 Å². The van der Waals surface area contributed by atoms with Crippen molar-refractivity contribution in [1.29, 1.82) is 0 Å². The van der Waals surface area contributed by atoms with E-state index in [0.717, 1.165) is 23.1 Å². The highest BCUT2D eigenvalue weighted by Crippen LogP contribution is 2.27. The Morgan fingerprint density at radius 2 is 2.29 bits per heavy atom. The molecule has 3 N–H and O–H groups in total. The monoisotopic (exact) mass is 229 g/mol. The molecule has 1 aliphatic rings. The summed E-state index contributed by atoms with van der Waals surface area (Å²) >= 11 is 0. The van der Waals surface area contributed by atoms with Gasteiger partial charge in [-0.15, -0.1) is 0 Å². The normalized spacial score (nSPS) is 20.4. The van der Waals surface area contributed by atoms with Crippen molar-refractivity contribution in [2.45, 2.75) is 6.42 Å². The zero-order chi connectivity index (χ0) is 11.8. The van der Waals surface area contributed by atoms with Crippen LogP contribution in [0.5, 0.6) is 0 Å². The van der Waals surface area contributed by atoms with Gasteiger partial charge in [0, 0.05) is 35.8 Å². The molecule has 17 heavy (non-hydrogen) atoms. The molecule has 0 saturated carbocycles. The third-order valence-electron chi connectivity index (χ3n) is 3.39. The summed E-state index contributed by atoms with van der Waals surface area (Å²) in [6.07, 6.45) is 2.48. The molecule has 88 valence electrons. The number of nitrogens with zero attached hydrogens (tertiary/aromatic N) is 1. The highest BCUT2D eigenvalue weighted by Gasteiger charge is 2.29. The number of amides is 1. The Morgan fingerprint density at radius 3 is 3.06 bits per heavy atom. The smallest absolute Gasteiger partial charge is 0.227 e. The van der Waals surface area contributed by atoms with Crippen LogP contribution >= 0.6 is 0 Å².